The summed E-state index contributed by atoms with van der Waals surface area (Å²) in [5.41, 5.74) is 0. The maximum atomic E-state index is 9.18. The average molecular weight is 212 g/mol. The van der Waals surface area contributed by atoms with Crippen molar-refractivity contribution < 1.29 is 5.11 Å². The van der Waals surface area contributed by atoms with Gasteiger partial charge in [-0.3, -0.25) is 0 Å². The maximum absolute atomic E-state index is 9.18. The third-order valence-corrected chi connectivity index (χ3v) is 2.45. The van der Waals surface area contributed by atoms with E-state index in [1.165, 1.54) is 12.8 Å². The first kappa shape index (κ1) is 5.82. The first-order valence-corrected chi connectivity index (χ1v) is 3.70. The largest absolute Gasteiger partial charge is 0.380 e. The molecule has 1 nitrogen and oxygen atoms in total. The summed E-state index contributed by atoms with van der Waals surface area (Å²) in [4.78, 5) is 0. The van der Waals surface area contributed by atoms with Crippen molar-refractivity contribution in [2.24, 2.45) is 0 Å². The highest BCUT2D eigenvalue weighted by molar-refractivity contribution is 14.1. The highest BCUT2D eigenvalue weighted by Gasteiger charge is 2.26. The Morgan fingerprint density at radius 3 is 1.86 bits per heavy atom. The third kappa shape index (κ3) is 1.57. The molecule has 7 heavy (non-hydrogen) atoms. The normalized spacial score (nSPS) is 28.3. The van der Waals surface area contributed by atoms with Gasteiger partial charge in [0.25, 0.3) is 0 Å². The lowest BCUT2D eigenvalue weighted by molar-refractivity contribution is 0.164. The third-order valence-electron chi connectivity index (χ3n) is 1.37. The van der Waals surface area contributed by atoms with Crippen LogP contribution in [-0.4, -0.2) is 8.71 Å². The molecule has 1 aliphatic rings. The zero-order chi connectivity index (χ0) is 5.33. The highest BCUT2D eigenvalue weighted by atomic mass is 127. The molecule has 2 heteroatoms. The minimum absolute atomic E-state index is 0.336. The summed E-state index contributed by atoms with van der Waals surface area (Å²) in [7, 11) is 0. The Kier molecular flexibility index (Phi) is 1.58. The number of rotatable bonds is 0. The van der Waals surface area contributed by atoms with Gasteiger partial charge in [0.2, 0.25) is 0 Å². The number of halogens is 1. The van der Waals surface area contributed by atoms with Gasteiger partial charge in [-0.05, 0) is 48.3 Å². The van der Waals surface area contributed by atoms with Crippen LogP contribution in [-0.2, 0) is 0 Å². The molecule has 0 aliphatic heterocycles. The zero-order valence-corrected chi connectivity index (χ0v) is 6.31. The quantitative estimate of drug-likeness (QED) is 0.478. The molecule has 0 atom stereocenters. The molecule has 1 saturated carbocycles. The first-order chi connectivity index (χ1) is 3.21. The smallest absolute Gasteiger partial charge is 0.115 e. The Balaban J connectivity index is 2.40. The van der Waals surface area contributed by atoms with Gasteiger partial charge in [0, 0.05) is 0 Å². The van der Waals surface area contributed by atoms with Crippen molar-refractivity contribution in [2.45, 2.75) is 29.3 Å². The predicted octanol–water partition coefficient (Wildman–Crippen LogP) is 1.68. The van der Waals surface area contributed by atoms with Crippen LogP contribution in [0.15, 0.2) is 0 Å². The Morgan fingerprint density at radius 1 is 1.29 bits per heavy atom. The fourth-order valence-electron chi connectivity index (χ4n) is 0.917. The standard InChI is InChI=1S/C5H9IO/c6-5(7)3-1-2-4-5/h7H,1-4H2. The van der Waals surface area contributed by atoms with Gasteiger partial charge in [-0.1, -0.05) is 0 Å². The van der Waals surface area contributed by atoms with Crippen molar-refractivity contribution in [3.8, 4) is 0 Å². The minimum atomic E-state index is -0.336. The van der Waals surface area contributed by atoms with E-state index in [0.29, 0.717) is 0 Å². The van der Waals surface area contributed by atoms with Crippen LogP contribution in [0.2, 0.25) is 0 Å². The summed E-state index contributed by atoms with van der Waals surface area (Å²) in [6.07, 6.45) is 4.40. The van der Waals surface area contributed by atoms with Gasteiger partial charge in [-0.2, -0.15) is 0 Å². The second-order valence-corrected chi connectivity index (χ2v) is 4.13. The summed E-state index contributed by atoms with van der Waals surface area (Å²) in [5, 5.41) is 9.18. The second kappa shape index (κ2) is 1.90. The summed E-state index contributed by atoms with van der Waals surface area (Å²) < 4.78 is -0.336. The molecular formula is C5H9IO. The van der Waals surface area contributed by atoms with E-state index in [0.717, 1.165) is 12.8 Å². The molecule has 0 aromatic rings. The van der Waals surface area contributed by atoms with E-state index >= 15 is 0 Å². The lowest BCUT2D eigenvalue weighted by Crippen LogP contribution is -2.11. The number of alkyl halides is 1. The molecule has 0 amide bonds. The monoisotopic (exact) mass is 212 g/mol. The van der Waals surface area contributed by atoms with E-state index in [-0.39, 0.29) is 3.61 Å². The van der Waals surface area contributed by atoms with Crippen LogP contribution < -0.4 is 0 Å². The van der Waals surface area contributed by atoms with Crippen LogP contribution in [0.4, 0.5) is 0 Å². The fourth-order valence-corrected chi connectivity index (χ4v) is 1.68. The van der Waals surface area contributed by atoms with E-state index in [1.54, 1.807) is 0 Å². The Labute approximate surface area is 57.2 Å². The van der Waals surface area contributed by atoms with Gasteiger partial charge in [-0.15, -0.1) is 0 Å². The van der Waals surface area contributed by atoms with Crippen molar-refractivity contribution in [2.75, 3.05) is 0 Å². The Morgan fingerprint density at radius 2 is 1.71 bits per heavy atom. The molecular weight excluding hydrogens is 203 g/mol. The molecule has 0 saturated heterocycles. The average Bonchev–Trinajstić information content (AvgIpc) is 1.84. The van der Waals surface area contributed by atoms with Crippen LogP contribution in [0.3, 0.4) is 0 Å². The molecule has 0 aromatic carbocycles. The van der Waals surface area contributed by atoms with Crippen molar-refractivity contribution >= 4 is 22.6 Å². The Bertz CT molecular complexity index is 62.5. The van der Waals surface area contributed by atoms with Crippen LogP contribution >= 0.6 is 22.6 Å². The summed E-state index contributed by atoms with van der Waals surface area (Å²) in [6.45, 7) is 0. The zero-order valence-electron chi connectivity index (χ0n) is 4.15. The van der Waals surface area contributed by atoms with E-state index in [4.69, 9.17) is 0 Å². The van der Waals surface area contributed by atoms with Crippen LogP contribution in [0, 0.1) is 0 Å². The summed E-state index contributed by atoms with van der Waals surface area (Å²) in [5.74, 6) is 0. The molecule has 0 bridgehead atoms. The lowest BCUT2D eigenvalue weighted by Gasteiger charge is -2.09. The molecule has 1 N–H and O–H groups in total. The van der Waals surface area contributed by atoms with Gasteiger partial charge < -0.3 is 5.11 Å². The second-order valence-electron chi connectivity index (χ2n) is 2.13. The van der Waals surface area contributed by atoms with E-state index in [1.807, 2.05) is 0 Å². The number of hydrogen-bond donors (Lipinski definition) is 1. The molecule has 1 rings (SSSR count). The number of hydrogen-bond acceptors (Lipinski definition) is 1. The van der Waals surface area contributed by atoms with Gasteiger partial charge in [-0.25, -0.2) is 0 Å². The van der Waals surface area contributed by atoms with Gasteiger partial charge in [0.15, 0.2) is 0 Å². The SMILES string of the molecule is OC1(I)CCCC1. The fraction of sp³-hybridized carbons (Fsp3) is 1.00. The first-order valence-electron chi connectivity index (χ1n) is 2.62. The van der Waals surface area contributed by atoms with Crippen molar-refractivity contribution in [1.29, 1.82) is 0 Å². The van der Waals surface area contributed by atoms with E-state index in [2.05, 4.69) is 22.6 Å². The Hall–Kier alpha value is 0.690. The highest BCUT2D eigenvalue weighted by Crippen LogP contribution is 2.34. The van der Waals surface area contributed by atoms with Crippen LogP contribution in [0.25, 0.3) is 0 Å². The van der Waals surface area contributed by atoms with Gasteiger partial charge >= 0.3 is 0 Å². The molecule has 0 spiro atoms. The van der Waals surface area contributed by atoms with Crippen molar-refractivity contribution in [1.82, 2.24) is 0 Å². The minimum Gasteiger partial charge on any atom is -0.380 e. The maximum Gasteiger partial charge on any atom is 0.115 e. The van der Waals surface area contributed by atoms with Crippen molar-refractivity contribution in [3.63, 3.8) is 0 Å². The van der Waals surface area contributed by atoms with E-state index in [9.17, 15) is 5.11 Å². The topological polar surface area (TPSA) is 20.2 Å². The number of aliphatic hydroxyl groups is 1. The van der Waals surface area contributed by atoms with Gasteiger partial charge in [0.1, 0.15) is 3.61 Å². The molecule has 0 radical (unpaired) electrons. The molecule has 0 heterocycles. The van der Waals surface area contributed by atoms with Gasteiger partial charge in [0.05, 0.1) is 0 Å². The van der Waals surface area contributed by atoms with E-state index < -0.39 is 0 Å². The molecule has 42 valence electrons. The molecule has 0 unspecified atom stereocenters. The molecule has 1 aliphatic carbocycles. The summed E-state index contributed by atoms with van der Waals surface area (Å²) in [6, 6.07) is 0. The van der Waals surface area contributed by atoms with Crippen LogP contribution in [0.5, 0.6) is 0 Å². The molecule has 1 fully saturated rings. The lowest BCUT2D eigenvalue weighted by atomic mass is 10.3. The van der Waals surface area contributed by atoms with Crippen molar-refractivity contribution in [3.05, 3.63) is 0 Å². The summed E-state index contributed by atoms with van der Waals surface area (Å²) >= 11 is 2.12. The molecule has 0 aromatic heterocycles. The van der Waals surface area contributed by atoms with Crippen LogP contribution in [0.1, 0.15) is 25.7 Å². The predicted molar refractivity (Wildman–Crippen MR) is 37.4 cm³/mol.